The number of nitrogens with one attached hydrogen (secondary N) is 1. The highest BCUT2D eigenvalue weighted by Gasteiger charge is 2.17. The molecule has 0 bridgehead atoms. The Bertz CT molecular complexity index is 842. The van der Waals surface area contributed by atoms with Crippen LogP contribution in [0, 0.1) is 11.7 Å². The number of nitrogens with zero attached hydrogens (tertiary/aromatic N) is 3. The molecule has 1 N–H and O–H groups in total. The van der Waals surface area contributed by atoms with Gasteiger partial charge in [0.05, 0.1) is 30.7 Å². The van der Waals surface area contributed by atoms with Crippen molar-refractivity contribution in [2.24, 2.45) is 5.92 Å². The van der Waals surface area contributed by atoms with Crippen LogP contribution in [-0.2, 0) is 0 Å². The molecule has 0 saturated heterocycles. The van der Waals surface area contributed by atoms with Gasteiger partial charge in [-0.2, -0.15) is 4.98 Å². The van der Waals surface area contributed by atoms with Gasteiger partial charge in [0.25, 0.3) is 0 Å². The fourth-order valence-corrected chi connectivity index (χ4v) is 2.45. The highest BCUT2D eigenvalue weighted by atomic mass is 19.1. The van der Waals surface area contributed by atoms with E-state index in [4.69, 9.17) is 4.74 Å². The normalized spacial score (nSPS) is 12.0. The van der Waals surface area contributed by atoms with Crippen LogP contribution in [0.2, 0.25) is 0 Å². The monoisotopic (exact) mass is 352 g/mol. The summed E-state index contributed by atoms with van der Waals surface area (Å²) in [5.41, 5.74) is 1.51. The second-order valence-electron chi connectivity index (χ2n) is 6.33. The van der Waals surface area contributed by atoms with Crippen LogP contribution in [0.1, 0.15) is 31.1 Å². The van der Waals surface area contributed by atoms with E-state index in [2.05, 4.69) is 34.1 Å². The van der Waals surface area contributed by atoms with Crippen molar-refractivity contribution >= 4 is 5.82 Å². The number of halogens is 1. The third-order valence-corrected chi connectivity index (χ3v) is 3.63. The molecule has 0 spiro atoms. The van der Waals surface area contributed by atoms with Gasteiger partial charge >= 0.3 is 0 Å². The van der Waals surface area contributed by atoms with Crippen molar-refractivity contribution in [3.05, 3.63) is 78.1 Å². The minimum absolute atomic E-state index is 0.301. The van der Waals surface area contributed by atoms with Crippen molar-refractivity contribution in [3.8, 4) is 5.88 Å². The molecule has 2 heterocycles. The van der Waals surface area contributed by atoms with E-state index < -0.39 is 0 Å². The Morgan fingerprint density at radius 2 is 2.00 bits per heavy atom. The van der Waals surface area contributed by atoms with Gasteiger partial charge in [0.2, 0.25) is 5.88 Å². The predicted octanol–water partition coefficient (Wildman–Crippen LogP) is 4.25. The van der Waals surface area contributed by atoms with Crippen LogP contribution in [0.4, 0.5) is 10.2 Å². The van der Waals surface area contributed by atoms with E-state index in [9.17, 15) is 4.39 Å². The molecule has 0 fully saturated rings. The summed E-state index contributed by atoms with van der Waals surface area (Å²) in [5.74, 6) is 1.07. The molecule has 0 radical (unpaired) electrons. The molecule has 0 aliphatic heterocycles. The van der Waals surface area contributed by atoms with Crippen molar-refractivity contribution in [2.75, 3.05) is 11.9 Å². The standard InChI is InChI=1S/C20H21FN4O/c1-14(2)13-26-19-12-22-11-18(24-19)25-20(17-8-3-4-9-23-17)15-6-5-7-16(21)10-15/h3-12,14,20H,13H2,1-2H3,(H,24,25). The molecule has 0 saturated carbocycles. The van der Waals surface area contributed by atoms with E-state index in [0.717, 1.165) is 11.3 Å². The van der Waals surface area contributed by atoms with Gasteiger partial charge in [-0.05, 0) is 35.7 Å². The molecular formula is C20H21FN4O. The summed E-state index contributed by atoms with van der Waals surface area (Å²) in [6, 6.07) is 11.7. The summed E-state index contributed by atoms with van der Waals surface area (Å²) in [5, 5.41) is 3.28. The summed E-state index contributed by atoms with van der Waals surface area (Å²) in [6.07, 6.45) is 4.89. The number of rotatable bonds is 7. The lowest BCUT2D eigenvalue weighted by Crippen LogP contribution is -2.15. The summed E-state index contributed by atoms with van der Waals surface area (Å²) >= 11 is 0. The molecule has 0 amide bonds. The lowest BCUT2D eigenvalue weighted by atomic mass is 10.0. The van der Waals surface area contributed by atoms with E-state index in [-0.39, 0.29) is 11.9 Å². The Labute approximate surface area is 152 Å². The van der Waals surface area contributed by atoms with Crippen LogP contribution in [-0.4, -0.2) is 21.6 Å². The number of hydrogen-bond donors (Lipinski definition) is 1. The quantitative estimate of drug-likeness (QED) is 0.689. The zero-order chi connectivity index (χ0) is 18.4. The van der Waals surface area contributed by atoms with Crippen molar-refractivity contribution in [1.82, 2.24) is 15.0 Å². The Morgan fingerprint density at radius 3 is 2.73 bits per heavy atom. The Hall–Kier alpha value is -3.02. The third kappa shape index (κ3) is 4.75. The molecule has 5 nitrogen and oxygen atoms in total. The number of ether oxygens (including phenoxy) is 1. The predicted molar refractivity (Wildman–Crippen MR) is 98.5 cm³/mol. The maximum atomic E-state index is 13.7. The second kappa shape index (κ2) is 8.38. The first-order chi connectivity index (χ1) is 12.6. The smallest absolute Gasteiger partial charge is 0.234 e. The minimum atomic E-state index is -0.360. The SMILES string of the molecule is CC(C)COc1cncc(NC(c2cccc(F)c2)c2ccccn2)n1. The first-order valence-corrected chi connectivity index (χ1v) is 8.49. The molecule has 6 heteroatoms. The average molecular weight is 352 g/mol. The molecule has 0 aliphatic rings. The van der Waals surface area contributed by atoms with Gasteiger partial charge in [0.15, 0.2) is 0 Å². The highest BCUT2D eigenvalue weighted by Crippen LogP contribution is 2.25. The lowest BCUT2D eigenvalue weighted by Gasteiger charge is -2.19. The molecule has 2 aromatic heterocycles. The number of benzene rings is 1. The fourth-order valence-electron chi connectivity index (χ4n) is 2.45. The molecule has 3 aromatic rings. The van der Waals surface area contributed by atoms with Gasteiger partial charge in [-0.25, -0.2) is 4.39 Å². The van der Waals surface area contributed by atoms with Crippen LogP contribution in [0.3, 0.4) is 0 Å². The Morgan fingerprint density at radius 1 is 1.12 bits per heavy atom. The number of aromatic nitrogens is 3. The zero-order valence-electron chi connectivity index (χ0n) is 14.8. The molecule has 1 unspecified atom stereocenters. The fraction of sp³-hybridized carbons (Fsp3) is 0.250. The van der Waals surface area contributed by atoms with E-state index >= 15 is 0 Å². The van der Waals surface area contributed by atoms with Gasteiger partial charge in [0, 0.05) is 6.20 Å². The van der Waals surface area contributed by atoms with Gasteiger partial charge in [-0.1, -0.05) is 32.0 Å². The van der Waals surface area contributed by atoms with E-state index in [1.165, 1.54) is 12.1 Å². The number of pyridine rings is 1. The van der Waals surface area contributed by atoms with Crippen LogP contribution in [0.25, 0.3) is 0 Å². The Balaban J connectivity index is 1.88. The van der Waals surface area contributed by atoms with Gasteiger partial charge in [-0.3, -0.25) is 9.97 Å². The first kappa shape index (κ1) is 17.8. The zero-order valence-corrected chi connectivity index (χ0v) is 14.8. The first-order valence-electron chi connectivity index (χ1n) is 8.49. The van der Waals surface area contributed by atoms with Crippen molar-refractivity contribution < 1.29 is 9.13 Å². The van der Waals surface area contributed by atoms with Crippen LogP contribution < -0.4 is 10.1 Å². The summed E-state index contributed by atoms with van der Waals surface area (Å²) < 4.78 is 19.4. The molecular weight excluding hydrogens is 331 g/mol. The Kier molecular flexibility index (Phi) is 5.73. The maximum absolute atomic E-state index is 13.7. The maximum Gasteiger partial charge on any atom is 0.234 e. The lowest BCUT2D eigenvalue weighted by molar-refractivity contribution is 0.260. The summed E-state index contributed by atoms with van der Waals surface area (Å²) in [4.78, 5) is 13.0. The van der Waals surface area contributed by atoms with E-state index in [1.54, 1.807) is 24.7 Å². The van der Waals surface area contributed by atoms with Crippen LogP contribution in [0.15, 0.2) is 61.1 Å². The topological polar surface area (TPSA) is 59.9 Å². The summed E-state index contributed by atoms with van der Waals surface area (Å²) in [6.45, 7) is 4.69. The average Bonchev–Trinajstić information content (AvgIpc) is 2.65. The summed E-state index contributed by atoms with van der Waals surface area (Å²) in [7, 11) is 0. The second-order valence-corrected chi connectivity index (χ2v) is 6.33. The van der Waals surface area contributed by atoms with Gasteiger partial charge < -0.3 is 10.1 Å². The molecule has 26 heavy (non-hydrogen) atoms. The number of hydrogen-bond acceptors (Lipinski definition) is 5. The molecule has 3 rings (SSSR count). The van der Waals surface area contributed by atoms with Crippen molar-refractivity contribution in [1.29, 1.82) is 0 Å². The van der Waals surface area contributed by atoms with Gasteiger partial charge in [-0.15, -0.1) is 0 Å². The highest BCUT2D eigenvalue weighted by molar-refractivity contribution is 5.42. The molecule has 1 aromatic carbocycles. The van der Waals surface area contributed by atoms with Crippen LogP contribution >= 0.6 is 0 Å². The minimum Gasteiger partial charge on any atom is -0.476 e. The van der Waals surface area contributed by atoms with Crippen molar-refractivity contribution in [2.45, 2.75) is 19.9 Å². The van der Waals surface area contributed by atoms with E-state index in [0.29, 0.717) is 24.2 Å². The van der Waals surface area contributed by atoms with Gasteiger partial charge in [0.1, 0.15) is 11.6 Å². The molecule has 134 valence electrons. The van der Waals surface area contributed by atoms with Crippen molar-refractivity contribution in [3.63, 3.8) is 0 Å². The van der Waals surface area contributed by atoms with Crippen LogP contribution in [0.5, 0.6) is 5.88 Å². The van der Waals surface area contributed by atoms with E-state index in [1.807, 2.05) is 24.3 Å². The molecule has 1 atom stereocenters. The largest absolute Gasteiger partial charge is 0.476 e. The third-order valence-electron chi connectivity index (χ3n) is 3.63. The number of anilines is 1. The molecule has 0 aliphatic carbocycles.